The molecule has 0 aromatic carbocycles. The predicted molar refractivity (Wildman–Crippen MR) is 99.8 cm³/mol. The number of aromatic nitrogens is 3. The second-order valence-corrected chi connectivity index (χ2v) is 6.55. The van der Waals surface area contributed by atoms with Crippen molar-refractivity contribution in [3.63, 3.8) is 0 Å². The van der Waals surface area contributed by atoms with Crippen molar-refractivity contribution < 1.29 is 19.1 Å². The van der Waals surface area contributed by atoms with Gasteiger partial charge in [0.05, 0.1) is 36.7 Å². The molecule has 0 N–H and O–H groups in total. The number of hydrogen-bond acceptors (Lipinski definition) is 10. The van der Waals surface area contributed by atoms with Gasteiger partial charge < -0.3 is 19.1 Å². The Balaban J connectivity index is 1.58. The third-order valence-corrected chi connectivity index (χ3v) is 4.76. The van der Waals surface area contributed by atoms with E-state index in [0.29, 0.717) is 49.8 Å². The van der Waals surface area contributed by atoms with Crippen LogP contribution in [0.2, 0.25) is 0 Å². The maximum absolute atomic E-state index is 11.1. The molecule has 0 saturated carbocycles. The van der Waals surface area contributed by atoms with Crippen LogP contribution in [0.25, 0.3) is 11.0 Å². The first kappa shape index (κ1) is 18.7. The van der Waals surface area contributed by atoms with E-state index in [9.17, 15) is 10.1 Å². The van der Waals surface area contributed by atoms with Crippen LogP contribution in [0.3, 0.4) is 0 Å². The Hall–Kier alpha value is -2.63. The molecule has 0 bridgehead atoms. The molecule has 0 spiro atoms. The Morgan fingerprint density at radius 3 is 2.54 bits per heavy atom. The SMILES string of the molecule is O=[N+]([O-])c1cnc2nc(OCCN3CCOCC3)nc(N3CCOCC3)c2c1. The highest BCUT2D eigenvalue weighted by atomic mass is 16.6. The molecule has 11 nitrogen and oxygen atoms in total. The molecule has 2 fully saturated rings. The van der Waals surface area contributed by atoms with E-state index in [1.165, 1.54) is 12.3 Å². The Morgan fingerprint density at radius 2 is 1.82 bits per heavy atom. The second-order valence-electron chi connectivity index (χ2n) is 6.55. The lowest BCUT2D eigenvalue weighted by Crippen LogP contribution is -2.39. The monoisotopic (exact) mass is 390 g/mol. The number of nitrogens with zero attached hydrogens (tertiary/aromatic N) is 6. The smallest absolute Gasteiger partial charge is 0.320 e. The normalized spacial score (nSPS) is 18.4. The lowest BCUT2D eigenvalue weighted by Gasteiger charge is -2.28. The molecule has 2 saturated heterocycles. The van der Waals surface area contributed by atoms with Crippen LogP contribution >= 0.6 is 0 Å². The molecule has 0 atom stereocenters. The van der Waals surface area contributed by atoms with Crippen molar-refractivity contribution in [2.24, 2.45) is 0 Å². The first-order valence-electron chi connectivity index (χ1n) is 9.28. The number of hydrogen-bond donors (Lipinski definition) is 0. The van der Waals surface area contributed by atoms with Gasteiger partial charge in [0.25, 0.3) is 5.69 Å². The summed E-state index contributed by atoms with van der Waals surface area (Å²) in [5.74, 6) is 0.589. The zero-order valence-electron chi connectivity index (χ0n) is 15.5. The fraction of sp³-hybridized carbons (Fsp3) is 0.588. The summed E-state index contributed by atoms with van der Waals surface area (Å²) in [6.07, 6.45) is 1.20. The molecule has 2 aromatic heterocycles. The van der Waals surface area contributed by atoms with Crippen LogP contribution in [-0.2, 0) is 9.47 Å². The lowest BCUT2D eigenvalue weighted by molar-refractivity contribution is -0.385. The van der Waals surface area contributed by atoms with Gasteiger partial charge in [0.1, 0.15) is 18.6 Å². The van der Waals surface area contributed by atoms with Gasteiger partial charge in [-0.2, -0.15) is 9.97 Å². The Labute approximate surface area is 161 Å². The molecule has 2 aromatic rings. The number of ether oxygens (including phenoxy) is 3. The zero-order valence-corrected chi connectivity index (χ0v) is 15.5. The topological polar surface area (TPSA) is 116 Å². The van der Waals surface area contributed by atoms with Crippen molar-refractivity contribution in [3.8, 4) is 6.01 Å². The summed E-state index contributed by atoms with van der Waals surface area (Å²) in [4.78, 5) is 28.0. The Morgan fingerprint density at radius 1 is 1.11 bits per heavy atom. The van der Waals surface area contributed by atoms with Gasteiger partial charge in [0.2, 0.25) is 0 Å². The minimum atomic E-state index is -0.470. The molecule has 28 heavy (non-hydrogen) atoms. The van der Waals surface area contributed by atoms with E-state index in [2.05, 4.69) is 19.9 Å². The molecule has 4 rings (SSSR count). The van der Waals surface area contributed by atoms with E-state index in [4.69, 9.17) is 14.2 Å². The summed E-state index contributed by atoms with van der Waals surface area (Å²) < 4.78 is 16.5. The van der Waals surface area contributed by atoms with Crippen LogP contribution in [0.1, 0.15) is 0 Å². The van der Waals surface area contributed by atoms with Crippen LogP contribution in [0.4, 0.5) is 11.5 Å². The van der Waals surface area contributed by atoms with Crippen molar-refractivity contribution in [2.45, 2.75) is 0 Å². The summed E-state index contributed by atoms with van der Waals surface area (Å²) in [6, 6.07) is 1.69. The van der Waals surface area contributed by atoms with Crippen LogP contribution in [0.5, 0.6) is 6.01 Å². The Kier molecular flexibility index (Phi) is 5.74. The molecule has 150 valence electrons. The minimum Gasteiger partial charge on any atom is -0.462 e. The molecule has 0 unspecified atom stereocenters. The van der Waals surface area contributed by atoms with Crippen molar-refractivity contribution >= 4 is 22.5 Å². The summed E-state index contributed by atoms with van der Waals surface area (Å²) in [6.45, 7) is 6.85. The molecule has 4 heterocycles. The van der Waals surface area contributed by atoms with Crippen LogP contribution in [-0.4, -0.2) is 90.5 Å². The quantitative estimate of drug-likeness (QED) is 0.509. The number of morpholine rings is 2. The molecule has 0 aliphatic carbocycles. The third kappa shape index (κ3) is 4.26. The van der Waals surface area contributed by atoms with E-state index in [1.54, 1.807) is 0 Å². The highest BCUT2D eigenvalue weighted by Gasteiger charge is 2.21. The van der Waals surface area contributed by atoms with E-state index in [-0.39, 0.29) is 11.7 Å². The van der Waals surface area contributed by atoms with E-state index in [0.717, 1.165) is 32.8 Å². The average molecular weight is 390 g/mol. The highest BCUT2D eigenvalue weighted by molar-refractivity contribution is 5.88. The van der Waals surface area contributed by atoms with E-state index >= 15 is 0 Å². The van der Waals surface area contributed by atoms with Gasteiger partial charge >= 0.3 is 6.01 Å². The van der Waals surface area contributed by atoms with Crippen LogP contribution in [0.15, 0.2) is 12.3 Å². The molecule has 0 radical (unpaired) electrons. The van der Waals surface area contributed by atoms with Crippen molar-refractivity contribution in [3.05, 3.63) is 22.4 Å². The summed E-state index contributed by atoms with van der Waals surface area (Å²) >= 11 is 0. The number of nitro groups is 1. The van der Waals surface area contributed by atoms with Gasteiger partial charge in [-0.3, -0.25) is 15.0 Å². The summed E-state index contributed by atoms with van der Waals surface area (Å²) in [5, 5.41) is 11.7. The van der Waals surface area contributed by atoms with Crippen molar-refractivity contribution in [1.82, 2.24) is 19.9 Å². The van der Waals surface area contributed by atoms with E-state index < -0.39 is 4.92 Å². The fourth-order valence-corrected chi connectivity index (χ4v) is 3.24. The standard InChI is InChI=1S/C17H22N6O5/c24-23(25)13-11-14-15(18-12-13)19-17(20-16(14)22-4-8-27-9-5-22)28-10-3-21-1-6-26-7-2-21/h11-12H,1-10H2. The summed E-state index contributed by atoms with van der Waals surface area (Å²) in [5.41, 5.74) is 0.287. The molecular weight excluding hydrogens is 368 g/mol. The minimum absolute atomic E-state index is 0.0911. The third-order valence-electron chi connectivity index (χ3n) is 4.76. The maximum atomic E-state index is 11.1. The van der Waals surface area contributed by atoms with E-state index in [1.807, 2.05) is 4.90 Å². The number of fused-ring (bicyclic) bond motifs is 1. The molecule has 2 aliphatic rings. The van der Waals surface area contributed by atoms with Crippen LogP contribution in [0, 0.1) is 10.1 Å². The van der Waals surface area contributed by atoms with Gasteiger partial charge in [-0.05, 0) is 0 Å². The number of rotatable bonds is 6. The van der Waals surface area contributed by atoms with Gasteiger partial charge in [0, 0.05) is 38.8 Å². The molecule has 11 heteroatoms. The average Bonchev–Trinajstić information content (AvgIpc) is 2.74. The molecule has 2 aliphatic heterocycles. The first-order chi connectivity index (χ1) is 13.7. The fourth-order valence-electron chi connectivity index (χ4n) is 3.24. The van der Waals surface area contributed by atoms with Crippen molar-refractivity contribution in [2.75, 3.05) is 70.7 Å². The number of pyridine rings is 1. The highest BCUT2D eigenvalue weighted by Crippen LogP contribution is 2.28. The van der Waals surface area contributed by atoms with Crippen molar-refractivity contribution in [1.29, 1.82) is 0 Å². The lowest BCUT2D eigenvalue weighted by atomic mass is 10.2. The molecule has 0 amide bonds. The van der Waals surface area contributed by atoms with Gasteiger partial charge in [-0.25, -0.2) is 4.98 Å². The number of anilines is 1. The maximum Gasteiger partial charge on any atom is 0.320 e. The summed E-state index contributed by atoms with van der Waals surface area (Å²) in [7, 11) is 0. The van der Waals surface area contributed by atoms with Gasteiger partial charge in [-0.1, -0.05) is 0 Å². The molecular formula is C17H22N6O5. The predicted octanol–water partition coefficient (Wildman–Crippen LogP) is 0.481. The van der Waals surface area contributed by atoms with Gasteiger partial charge in [0.15, 0.2) is 5.65 Å². The van der Waals surface area contributed by atoms with Gasteiger partial charge in [-0.15, -0.1) is 0 Å². The first-order valence-corrected chi connectivity index (χ1v) is 9.28. The largest absolute Gasteiger partial charge is 0.462 e. The zero-order chi connectivity index (χ0) is 19.3. The Bertz CT molecular complexity index is 838. The van der Waals surface area contributed by atoms with Crippen LogP contribution < -0.4 is 9.64 Å². The second kappa shape index (κ2) is 8.59.